The lowest BCUT2D eigenvalue weighted by Gasteiger charge is -2.32. The van der Waals surface area contributed by atoms with E-state index in [1.807, 2.05) is 24.3 Å². The van der Waals surface area contributed by atoms with Crippen molar-refractivity contribution >= 4 is 41.5 Å². The fourth-order valence-corrected chi connectivity index (χ4v) is 3.62. The van der Waals surface area contributed by atoms with Gasteiger partial charge in [0.15, 0.2) is 0 Å². The van der Waals surface area contributed by atoms with Gasteiger partial charge in [0.05, 0.1) is 44.3 Å². The summed E-state index contributed by atoms with van der Waals surface area (Å²) in [4.78, 5) is 34.2. The maximum Gasteiger partial charge on any atom is 0.308 e. The Morgan fingerprint density at radius 1 is 1.20 bits per heavy atom. The van der Waals surface area contributed by atoms with Crippen molar-refractivity contribution in [1.29, 1.82) is 5.41 Å². The molecule has 1 amide bonds. The molecule has 1 atom stereocenters. The summed E-state index contributed by atoms with van der Waals surface area (Å²) in [7, 11) is 1.32. The van der Waals surface area contributed by atoms with Crippen LogP contribution in [0.15, 0.2) is 61.1 Å². The molecule has 0 saturated carbocycles. The number of aromatic amines is 1. The SMILES string of the molecule is COC(=O)CC(c1cnc[nH]1)N(CC(=O)Nc1ccc(C(C)C)cc1)c1cccc(C(=N)N)c1.Cl. The molecule has 0 aliphatic rings. The van der Waals surface area contributed by atoms with Gasteiger partial charge >= 0.3 is 5.97 Å². The van der Waals surface area contributed by atoms with Crippen LogP contribution in [0.4, 0.5) is 11.4 Å². The summed E-state index contributed by atoms with van der Waals surface area (Å²) in [5.74, 6) is -0.401. The van der Waals surface area contributed by atoms with Crippen LogP contribution in [0.3, 0.4) is 0 Å². The van der Waals surface area contributed by atoms with E-state index in [0.717, 1.165) is 0 Å². The van der Waals surface area contributed by atoms with Gasteiger partial charge in [0, 0.05) is 16.9 Å². The van der Waals surface area contributed by atoms with Gasteiger partial charge in [0.2, 0.25) is 5.91 Å². The van der Waals surface area contributed by atoms with Gasteiger partial charge in [-0.3, -0.25) is 15.0 Å². The van der Waals surface area contributed by atoms with E-state index in [2.05, 4.69) is 29.1 Å². The highest BCUT2D eigenvalue weighted by molar-refractivity contribution is 5.97. The summed E-state index contributed by atoms with van der Waals surface area (Å²) >= 11 is 0. The molecule has 0 radical (unpaired) electrons. The van der Waals surface area contributed by atoms with Crippen LogP contribution in [0, 0.1) is 5.41 Å². The molecule has 10 heteroatoms. The van der Waals surface area contributed by atoms with Crippen LogP contribution in [0.2, 0.25) is 0 Å². The maximum atomic E-state index is 13.1. The minimum atomic E-state index is -0.564. The Bertz CT molecular complexity index is 1130. The van der Waals surface area contributed by atoms with Gasteiger partial charge in [-0.25, -0.2) is 4.98 Å². The van der Waals surface area contributed by atoms with Crippen molar-refractivity contribution in [2.75, 3.05) is 23.9 Å². The number of hydrogen-bond acceptors (Lipinski definition) is 6. The smallest absolute Gasteiger partial charge is 0.308 e. The number of hydrogen-bond donors (Lipinski definition) is 4. The number of amidine groups is 1. The Balaban J connectivity index is 0.00000432. The molecular weight excluding hydrogens is 468 g/mol. The molecule has 1 unspecified atom stereocenters. The molecule has 0 aliphatic carbocycles. The molecule has 5 N–H and O–H groups in total. The highest BCUT2D eigenvalue weighted by atomic mass is 35.5. The summed E-state index contributed by atoms with van der Waals surface area (Å²) < 4.78 is 4.90. The lowest BCUT2D eigenvalue weighted by molar-refractivity contribution is -0.141. The molecule has 35 heavy (non-hydrogen) atoms. The molecule has 3 rings (SSSR count). The third-order valence-corrected chi connectivity index (χ3v) is 5.51. The number of carbonyl (C=O) groups excluding carboxylic acids is 2. The molecule has 9 nitrogen and oxygen atoms in total. The average molecular weight is 499 g/mol. The number of nitrogens with one attached hydrogen (secondary N) is 3. The van der Waals surface area contributed by atoms with Gasteiger partial charge in [-0.15, -0.1) is 12.4 Å². The van der Waals surface area contributed by atoms with Crippen molar-refractivity contribution in [2.45, 2.75) is 32.2 Å². The second kappa shape index (κ2) is 12.6. The van der Waals surface area contributed by atoms with Crippen LogP contribution < -0.4 is 16.0 Å². The summed E-state index contributed by atoms with van der Waals surface area (Å²) in [6.07, 6.45) is 3.11. The molecule has 0 aliphatic heterocycles. The first-order valence-electron chi connectivity index (χ1n) is 10.9. The molecule has 0 fully saturated rings. The van der Waals surface area contributed by atoms with E-state index in [9.17, 15) is 9.59 Å². The quantitative estimate of drug-likeness (QED) is 0.189. The van der Waals surface area contributed by atoms with Crippen molar-refractivity contribution in [1.82, 2.24) is 9.97 Å². The Kier molecular flexibility index (Phi) is 9.84. The van der Waals surface area contributed by atoms with Gasteiger partial charge in [-0.1, -0.05) is 38.1 Å². The van der Waals surface area contributed by atoms with Crippen molar-refractivity contribution in [2.24, 2.45) is 5.73 Å². The van der Waals surface area contributed by atoms with E-state index in [4.69, 9.17) is 15.9 Å². The molecule has 0 bridgehead atoms. The van der Waals surface area contributed by atoms with Crippen LogP contribution in [0.1, 0.15) is 49.0 Å². The summed E-state index contributed by atoms with van der Waals surface area (Å²) in [6.45, 7) is 4.16. The first-order valence-corrected chi connectivity index (χ1v) is 10.9. The van der Waals surface area contributed by atoms with Crippen molar-refractivity contribution in [3.05, 3.63) is 77.9 Å². The number of H-pyrrole nitrogens is 1. The van der Waals surface area contributed by atoms with Gasteiger partial charge < -0.3 is 25.7 Å². The molecule has 186 valence electrons. The van der Waals surface area contributed by atoms with Crippen LogP contribution >= 0.6 is 12.4 Å². The topological polar surface area (TPSA) is 137 Å². The Morgan fingerprint density at radius 3 is 2.49 bits per heavy atom. The second-order valence-corrected chi connectivity index (χ2v) is 8.22. The average Bonchev–Trinajstić information content (AvgIpc) is 3.36. The molecule has 1 aromatic heterocycles. The number of anilines is 2. The van der Waals surface area contributed by atoms with E-state index in [1.54, 1.807) is 35.4 Å². The first kappa shape index (κ1) is 27.4. The highest BCUT2D eigenvalue weighted by Crippen LogP contribution is 2.30. The number of nitrogens with two attached hydrogens (primary N) is 1. The predicted molar refractivity (Wildman–Crippen MR) is 139 cm³/mol. The minimum Gasteiger partial charge on any atom is -0.469 e. The minimum absolute atomic E-state index is 0. The van der Waals surface area contributed by atoms with Gasteiger partial charge in [-0.2, -0.15) is 0 Å². The van der Waals surface area contributed by atoms with Crippen molar-refractivity contribution in [3.8, 4) is 0 Å². The third kappa shape index (κ3) is 7.31. The van der Waals surface area contributed by atoms with Crippen LogP contribution in [-0.2, 0) is 14.3 Å². The summed E-state index contributed by atoms with van der Waals surface area (Å²) in [5.41, 5.74) is 9.33. The van der Waals surface area contributed by atoms with E-state index in [0.29, 0.717) is 28.6 Å². The molecule has 2 aromatic carbocycles. The second-order valence-electron chi connectivity index (χ2n) is 8.22. The third-order valence-electron chi connectivity index (χ3n) is 5.51. The lowest BCUT2D eigenvalue weighted by Crippen LogP contribution is -2.38. The molecule has 0 spiro atoms. The number of methoxy groups -OCH3 is 1. The number of aromatic nitrogens is 2. The number of amides is 1. The number of halogens is 1. The number of nitrogens with zero attached hydrogens (tertiary/aromatic N) is 2. The van der Waals surface area contributed by atoms with E-state index in [1.165, 1.54) is 19.0 Å². The van der Waals surface area contributed by atoms with Gasteiger partial charge in [0.25, 0.3) is 0 Å². The standard InChI is InChI=1S/C25H30N6O3.ClH/c1-16(2)17-7-9-19(10-8-17)30-23(32)14-31(20-6-4-5-18(11-20)25(26)27)22(12-24(33)34-3)21-13-28-15-29-21;/h4-11,13,15-16,22H,12,14H2,1-3H3,(H3,26,27)(H,28,29)(H,30,32);1H. The normalized spacial score (nSPS) is 11.3. The number of rotatable bonds is 10. The number of imidazole rings is 1. The number of esters is 1. The monoisotopic (exact) mass is 498 g/mol. The van der Waals surface area contributed by atoms with E-state index < -0.39 is 12.0 Å². The van der Waals surface area contributed by atoms with E-state index in [-0.39, 0.29) is 37.1 Å². The number of ether oxygens (including phenoxy) is 1. The zero-order chi connectivity index (χ0) is 24.7. The maximum absolute atomic E-state index is 13.1. The Hall–Kier alpha value is -3.85. The molecule has 3 aromatic rings. The van der Waals surface area contributed by atoms with Gasteiger partial charge in [0.1, 0.15) is 5.84 Å². The van der Waals surface area contributed by atoms with E-state index >= 15 is 0 Å². The number of nitrogen functional groups attached to an aromatic ring is 1. The highest BCUT2D eigenvalue weighted by Gasteiger charge is 2.28. The largest absolute Gasteiger partial charge is 0.469 e. The fraction of sp³-hybridized carbons (Fsp3) is 0.280. The van der Waals surface area contributed by atoms with Crippen LogP contribution in [0.5, 0.6) is 0 Å². The Morgan fingerprint density at radius 2 is 1.91 bits per heavy atom. The van der Waals surface area contributed by atoms with Crippen LogP contribution in [-0.4, -0.2) is 41.3 Å². The molecule has 1 heterocycles. The zero-order valence-electron chi connectivity index (χ0n) is 19.9. The summed E-state index contributed by atoms with van der Waals surface area (Å²) in [5, 5.41) is 10.7. The van der Waals surface area contributed by atoms with Crippen LogP contribution in [0.25, 0.3) is 0 Å². The molecule has 0 saturated heterocycles. The first-order chi connectivity index (χ1) is 16.3. The summed E-state index contributed by atoms with van der Waals surface area (Å²) in [6, 6.07) is 14.1. The predicted octanol–water partition coefficient (Wildman–Crippen LogP) is 3.99. The fourth-order valence-electron chi connectivity index (χ4n) is 3.62. The van der Waals surface area contributed by atoms with Crippen molar-refractivity contribution < 1.29 is 14.3 Å². The lowest BCUT2D eigenvalue weighted by atomic mass is 10.0. The van der Waals surface area contributed by atoms with Crippen molar-refractivity contribution in [3.63, 3.8) is 0 Å². The number of carbonyl (C=O) groups is 2. The zero-order valence-corrected chi connectivity index (χ0v) is 20.8. The Labute approximate surface area is 211 Å². The number of benzene rings is 2. The molecular formula is C25H31ClN6O3. The van der Waals surface area contributed by atoms with Gasteiger partial charge in [-0.05, 0) is 35.7 Å².